The van der Waals surface area contributed by atoms with Crippen LogP contribution in [0.3, 0.4) is 0 Å². The highest BCUT2D eigenvalue weighted by Crippen LogP contribution is 2.23. The summed E-state index contributed by atoms with van der Waals surface area (Å²) in [4.78, 5) is 9.17. The normalized spacial score (nSPS) is 12.5. The van der Waals surface area contributed by atoms with E-state index in [1.165, 1.54) is 0 Å². The van der Waals surface area contributed by atoms with Crippen LogP contribution in [0.2, 0.25) is 0 Å². The molecule has 0 radical (unpaired) electrons. The van der Waals surface area contributed by atoms with Gasteiger partial charge in [-0.15, -0.1) is 0 Å². The number of hydrogen-bond donors (Lipinski definition) is 1. The van der Waals surface area contributed by atoms with Crippen LogP contribution in [0.4, 0.5) is 5.82 Å². The van der Waals surface area contributed by atoms with Crippen molar-refractivity contribution in [2.24, 2.45) is 0 Å². The zero-order chi connectivity index (χ0) is 13.5. The predicted octanol–water partition coefficient (Wildman–Crippen LogP) is 3.40. The molecule has 0 saturated carbocycles. The van der Waals surface area contributed by atoms with Crippen LogP contribution in [0.15, 0.2) is 0 Å². The monoisotopic (exact) mass is 251 g/mol. The number of methoxy groups -OCH3 is 1. The van der Waals surface area contributed by atoms with Gasteiger partial charge in [-0.05, 0) is 26.7 Å². The quantitative estimate of drug-likeness (QED) is 0.806. The predicted molar refractivity (Wildman–Crippen MR) is 74.9 cm³/mol. The lowest BCUT2D eigenvalue weighted by Gasteiger charge is -2.17. The highest BCUT2D eigenvalue weighted by Gasteiger charge is 2.16. The first-order valence-electron chi connectivity index (χ1n) is 6.75. The van der Waals surface area contributed by atoms with Crippen LogP contribution in [0.25, 0.3) is 0 Å². The van der Waals surface area contributed by atoms with E-state index in [-0.39, 0.29) is 6.10 Å². The van der Waals surface area contributed by atoms with Crippen molar-refractivity contribution < 1.29 is 4.74 Å². The SMILES string of the molecule is CCCNc1nc(C(CCC)OC)nc(C)c1C. The Hall–Kier alpha value is -1.16. The van der Waals surface area contributed by atoms with E-state index in [0.717, 1.165) is 48.7 Å². The standard InChI is InChI=1S/C14H25N3O/c1-6-8-12(18-5)14-16-11(4)10(3)13(17-14)15-9-7-2/h12H,6-9H2,1-5H3,(H,15,16,17). The zero-order valence-electron chi connectivity index (χ0n) is 12.2. The number of hydrogen-bond acceptors (Lipinski definition) is 4. The minimum atomic E-state index is -0.00326. The van der Waals surface area contributed by atoms with Crippen LogP contribution in [-0.2, 0) is 4.74 Å². The van der Waals surface area contributed by atoms with E-state index in [1.54, 1.807) is 7.11 Å². The van der Waals surface area contributed by atoms with E-state index in [2.05, 4.69) is 36.1 Å². The van der Waals surface area contributed by atoms with E-state index >= 15 is 0 Å². The van der Waals surface area contributed by atoms with Gasteiger partial charge in [-0.2, -0.15) is 0 Å². The first-order chi connectivity index (χ1) is 8.63. The molecule has 1 heterocycles. The fourth-order valence-corrected chi connectivity index (χ4v) is 1.82. The second-order valence-electron chi connectivity index (χ2n) is 4.58. The molecule has 4 heteroatoms. The molecular formula is C14H25N3O. The molecular weight excluding hydrogens is 226 g/mol. The molecule has 0 aromatic carbocycles. The molecule has 18 heavy (non-hydrogen) atoms. The van der Waals surface area contributed by atoms with Crippen LogP contribution >= 0.6 is 0 Å². The Bertz CT molecular complexity index is 380. The summed E-state index contributed by atoms with van der Waals surface area (Å²) >= 11 is 0. The molecule has 0 amide bonds. The van der Waals surface area contributed by atoms with Gasteiger partial charge in [-0.25, -0.2) is 9.97 Å². The summed E-state index contributed by atoms with van der Waals surface area (Å²) in [5.41, 5.74) is 2.15. The summed E-state index contributed by atoms with van der Waals surface area (Å²) in [6.07, 6.45) is 3.09. The molecule has 1 unspecified atom stereocenters. The molecule has 0 aliphatic carbocycles. The lowest BCUT2D eigenvalue weighted by molar-refractivity contribution is 0.0875. The Kier molecular flexibility index (Phi) is 6.05. The van der Waals surface area contributed by atoms with E-state index in [0.29, 0.717) is 0 Å². The largest absolute Gasteiger partial charge is 0.373 e. The van der Waals surface area contributed by atoms with Crippen molar-refractivity contribution in [1.82, 2.24) is 9.97 Å². The van der Waals surface area contributed by atoms with Crippen molar-refractivity contribution >= 4 is 5.82 Å². The number of aromatic nitrogens is 2. The average molecular weight is 251 g/mol. The third kappa shape index (κ3) is 3.67. The molecule has 1 aromatic heterocycles. The highest BCUT2D eigenvalue weighted by atomic mass is 16.5. The number of nitrogens with one attached hydrogen (secondary N) is 1. The fraction of sp³-hybridized carbons (Fsp3) is 0.714. The summed E-state index contributed by atoms with van der Waals surface area (Å²) in [6.45, 7) is 9.30. The fourth-order valence-electron chi connectivity index (χ4n) is 1.82. The van der Waals surface area contributed by atoms with Gasteiger partial charge < -0.3 is 10.1 Å². The molecule has 0 fully saturated rings. The highest BCUT2D eigenvalue weighted by molar-refractivity contribution is 5.45. The number of nitrogens with zero attached hydrogens (tertiary/aromatic N) is 2. The van der Waals surface area contributed by atoms with E-state index in [4.69, 9.17) is 4.74 Å². The third-order valence-electron chi connectivity index (χ3n) is 3.07. The summed E-state index contributed by atoms with van der Waals surface area (Å²) in [6, 6.07) is 0. The Morgan fingerprint density at radius 2 is 1.89 bits per heavy atom. The molecule has 0 spiro atoms. The van der Waals surface area contributed by atoms with Crippen molar-refractivity contribution in [3.63, 3.8) is 0 Å². The van der Waals surface area contributed by atoms with Gasteiger partial charge in [-0.1, -0.05) is 20.3 Å². The second kappa shape index (κ2) is 7.31. The van der Waals surface area contributed by atoms with Crippen LogP contribution in [0, 0.1) is 13.8 Å². The summed E-state index contributed by atoms with van der Waals surface area (Å²) in [7, 11) is 1.72. The first-order valence-corrected chi connectivity index (χ1v) is 6.75. The summed E-state index contributed by atoms with van der Waals surface area (Å²) in [5.74, 6) is 1.73. The van der Waals surface area contributed by atoms with Crippen LogP contribution in [0.1, 0.15) is 56.3 Å². The summed E-state index contributed by atoms with van der Waals surface area (Å²) < 4.78 is 5.48. The van der Waals surface area contributed by atoms with Crippen LogP contribution in [0.5, 0.6) is 0 Å². The van der Waals surface area contributed by atoms with E-state index in [9.17, 15) is 0 Å². The Balaban J connectivity index is 3.01. The lowest BCUT2D eigenvalue weighted by atomic mass is 10.1. The van der Waals surface area contributed by atoms with Crippen molar-refractivity contribution in [3.05, 3.63) is 17.1 Å². The number of anilines is 1. The second-order valence-corrected chi connectivity index (χ2v) is 4.58. The molecule has 1 atom stereocenters. The topological polar surface area (TPSA) is 47.0 Å². The Labute approximate surface area is 110 Å². The lowest BCUT2D eigenvalue weighted by Crippen LogP contribution is -2.13. The van der Waals surface area contributed by atoms with Gasteiger partial charge in [0.1, 0.15) is 11.9 Å². The molecule has 0 aliphatic rings. The van der Waals surface area contributed by atoms with Gasteiger partial charge in [0.2, 0.25) is 0 Å². The maximum absolute atomic E-state index is 5.48. The molecule has 0 bridgehead atoms. The van der Waals surface area contributed by atoms with Crippen molar-refractivity contribution in [1.29, 1.82) is 0 Å². The van der Waals surface area contributed by atoms with E-state index in [1.807, 2.05) is 6.92 Å². The van der Waals surface area contributed by atoms with Crippen LogP contribution < -0.4 is 5.32 Å². The van der Waals surface area contributed by atoms with Gasteiger partial charge in [0, 0.05) is 24.9 Å². The smallest absolute Gasteiger partial charge is 0.159 e. The first kappa shape index (κ1) is 14.9. The van der Waals surface area contributed by atoms with Crippen molar-refractivity contribution in [2.45, 2.75) is 53.1 Å². The molecule has 1 aromatic rings. The molecule has 0 saturated heterocycles. The van der Waals surface area contributed by atoms with Gasteiger partial charge in [0.25, 0.3) is 0 Å². The van der Waals surface area contributed by atoms with Gasteiger partial charge in [-0.3, -0.25) is 0 Å². The Morgan fingerprint density at radius 3 is 2.44 bits per heavy atom. The molecule has 0 aliphatic heterocycles. The average Bonchev–Trinajstić information content (AvgIpc) is 2.37. The maximum Gasteiger partial charge on any atom is 0.159 e. The Morgan fingerprint density at radius 1 is 1.17 bits per heavy atom. The number of ether oxygens (including phenoxy) is 1. The summed E-state index contributed by atoms with van der Waals surface area (Å²) in [5, 5.41) is 3.36. The minimum absolute atomic E-state index is 0.00326. The number of rotatable bonds is 7. The zero-order valence-corrected chi connectivity index (χ0v) is 12.2. The molecule has 1 rings (SSSR count). The third-order valence-corrected chi connectivity index (χ3v) is 3.07. The van der Waals surface area contributed by atoms with Crippen molar-refractivity contribution in [2.75, 3.05) is 19.0 Å². The molecule has 4 nitrogen and oxygen atoms in total. The van der Waals surface area contributed by atoms with Crippen molar-refractivity contribution in [3.8, 4) is 0 Å². The van der Waals surface area contributed by atoms with Gasteiger partial charge >= 0.3 is 0 Å². The molecule has 102 valence electrons. The molecule has 1 N–H and O–H groups in total. The van der Waals surface area contributed by atoms with Crippen LogP contribution in [-0.4, -0.2) is 23.6 Å². The maximum atomic E-state index is 5.48. The number of aryl methyl sites for hydroxylation is 1. The van der Waals surface area contributed by atoms with Gasteiger partial charge in [0.15, 0.2) is 5.82 Å². The van der Waals surface area contributed by atoms with Gasteiger partial charge in [0.05, 0.1) is 0 Å². The minimum Gasteiger partial charge on any atom is -0.373 e. The van der Waals surface area contributed by atoms with E-state index < -0.39 is 0 Å².